The topological polar surface area (TPSA) is 77.2 Å². The lowest BCUT2D eigenvalue weighted by Crippen LogP contribution is -2.13. The van der Waals surface area contributed by atoms with Gasteiger partial charge in [-0.05, 0) is 24.3 Å². The highest BCUT2D eigenvalue weighted by Gasteiger charge is 2.12. The number of aromatic nitrogens is 1. The van der Waals surface area contributed by atoms with Crippen molar-refractivity contribution in [1.82, 2.24) is 4.98 Å². The Bertz CT molecular complexity index is 599. The highest BCUT2D eigenvalue weighted by molar-refractivity contribution is 6.29. The molecule has 5 nitrogen and oxygen atoms in total. The summed E-state index contributed by atoms with van der Waals surface area (Å²) >= 11 is 5.67. The van der Waals surface area contributed by atoms with Crippen LogP contribution in [0.1, 0.15) is 10.4 Å². The largest absolute Gasteiger partial charge is 0.496 e. The van der Waals surface area contributed by atoms with Crippen LogP contribution in [-0.4, -0.2) is 18.0 Å². The van der Waals surface area contributed by atoms with Crippen LogP contribution in [0.4, 0.5) is 11.4 Å². The predicted octanol–water partition coefficient (Wildman–Crippen LogP) is 2.58. The number of halogens is 1. The zero-order valence-electron chi connectivity index (χ0n) is 10.2. The zero-order chi connectivity index (χ0) is 13.8. The van der Waals surface area contributed by atoms with Crippen molar-refractivity contribution in [2.24, 2.45) is 0 Å². The molecule has 1 aromatic heterocycles. The monoisotopic (exact) mass is 277 g/mol. The number of carbonyl (C=O) groups is 1. The highest BCUT2D eigenvalue weighted by atomic mass is 35.5. The van der Waals surface area contributed by atoms with Crippen LogP contribution < -0.4 is 15.8 Å². The first-order valence-electron chi connectivity index (χ1n) is 5.46. The molecule has 0 unspecified atom stereocenters. The SMILES string of the molecule is COc1cc(N)ccc1C(=O)Nc1ccc(Cl)nc1. The minimum atomic E-state index is -0.305. The number of pyridine rings is 1. The molecule has 19 heavy (non-hydrogen) atoms. The fourth-order valence-corrected chi connectivity index (χ4v) is 1.66. The van der Waals surface area contributed by atoms with Gasteiger partial charge in [0.05, 0.1) is 24.6 Å². The number of carbonyl (C=O) groups excluding carboxylic acids is 1. The Morgan fingerprint density at radius 3 is 2.79 bits per heavy atom. The maximum atomic E-state index is 12.1. The van der Waals surface area contributed by atoms with Gasteiger partial charge in [0.2, 0.25) is 0 Å². The first-order chi connectivity index (χ1) is 9.10. The Morgan fingerprint density at radius 2 is 2.16 bits per heavy atom. The average Bonchev–Trinajstić information content (AvgIpc) is 2.41. The molecule has 98 valence electrons. The number of rotatable bonds is 3. The van der Waals surface area contributed by atoms with E-state index in [1.165, 1.54) is 13.3 Å². The number of nitrogens with one attached hydrogen (secondary N) is 1. The molecule has 2 aromatic rings. The summed E-state index contributed by atoms with van der Waals surface area (Å²) in [7, 11) is 1.48. The maximum absolute atomic E-state index is 12.1. The minimum Gasteiger partial charge on any atom is -0.496 e. The molecule has 1 aromatic carbocycles. The van der Waals surface area contributed by atoms with Crippen molar-refractivity contribution in [1.29, 1.82) is 0 Å². The van der Waals surface area contributed by atoms with E-state index in [2.05, 4.69) is 10.3 Å². The Hall–Kier alpha value is -2.27. The van der Waals surface area contributed by atoms with Crippen LogP contribution in [0.15, 0.2) is 36.5 Å². The molecular weight excluding hydrogens is 266 g/mol. The fourth-order valence-electron chi connectivity index (χ4n) is 1.54. The van der Waals surface area contributed by atoms with Crippen LogP contribution >= 0.6 is 11.6 Å². The van der Waals surface area contributed by atoms with Crippen LogP contribution in [0.3, 0.4) is 0 Å². The third-order valence-corrected chi connectivity index (χ3v) is 2.68. The number of benzene rings is 1. The van der Waals surface area contributed by atoms with Gasteiger partial charge in [-0.15, -0.1) is 0 Å². The van der Waals surface area contributed by atoms with Gasteiger partial charge in [0, 0.05) is 11.8 Å². The quantitative estimate of drug-likeness (QED) is 0.668. The summed E-state index contributed by atoms with van der Waals surface area (Å²) in [5.74, 6) is 0.111. The van der Waals surface area contributed by atoms with Crippen molar-refractivity contribution in [2.75, 3.05) is 18.2 Å². The number of methoxy groups -OCH3 is 1. The van der Waals surface area contributed by atoms with E-state index in [1.54, 1.807) is 30.3 Å². The lowest BCUT2D eigenvalue weighted by molar-refractivity contribution is 0.102. The van der Waals surface area contributed by atoms with Gasteiger partial charge in [-0.25, -0.2) is 4.98 Å². The van der Waals surface area contributed by atoms with E-state index in [0.29, 0.717) is 27.8 Å². The number of hydrogen-bond donors (Lipinski definition) is 2. The maximum Gasteiger partial charge on any atom is 0.259 e. The van der Waals surface area contributed by atoms with E-state index in [-0.39, 0.29) is 5.91 Å². The third kappa shape index (κ3) is 3.14. The van der Waals surface area contributed by atoms with Crippen LogP contribution in [0.2, 0.25) is 5.15 Å². The van der Waals surface area contributed by atoms with Gasteiger partial charge >= 0.3 is 0 Å². The summed E-state index contributed by atoms with van der Waals surface area (Å²) < 4.78 is 5.13. The molecule has 1 heterocycles. The Kier molecular flexibility index (Phi) is 3.87. The molecule has 6 heteroatoms. The molecule has 0 aliphatic carbocycles. The van der Waals surface area contributed by atoms with Gasteiger partial charge in [-0.1, -0.05) is 11.6 Å². The first kappa shape index (κ1) is 13.2. The summed E-state index contributed by atoms with van der Waals surface area (Å²) in [6.07, 6.45) is 1.48. The minimum absolute atomic E-state index is 0.305. The highest BCUT2D eigenvalue weighted by Crippen LogP contribution is 2.22. The van der Waals surface area contributed by atoms with E-state index in [1.807, 2.05) is 0 Å². The molecule has 0 bridgehead atoms. The normalized spacial score (nSPS) is 10.0. The van der Waals surface area contributed by atoms with Gasteiger partial charge < -0.3 is 15.8 Å². The fraction of sp³-hybridized carbons (Fsp3) is 0.0769. The van der Waals surface area contributed by atoms with Crippen LogP contribution in [0, 0.1) is 0 Å². The van der Waals surface area contributed by atoms with Gasteiger partial charge in [0.15, 0.2) is 0 Å². The average molecular weight is 278 g/mol. The van der Waals surface area contributed by atoms with Crippen molar-refractivity contribution < 1.29 is 9.53 Å². The summed E-state index contributed by atoms with van der Waals surface area (Å²) in [6, 6.07) is 8.09. The third-order valence-electron chi connectivity index (χ3n) is 2.46. The number of nitrogens with zero attached hydrogens (tertiary/aromatic N) is 1. The molecule has 0 atom stereocenters. The van der Waals surface area contributed by atoms with Gasteiger partial charge in [-0.2, -0.15) is 0 Å². The second-order valence-electron chi connectivity index (χ2n) is 3.78. The summed E-state index contributed by atoms with van der Waals surface area (Å²) in [4.78, 5) is 16.0. The molecular formula is C13H12ClN3O2. The van der Waals surface area contributed by atoms with Crippen molar-refractivity contribution in [2.45, 2.75) is 0 Å². The Morgan fingerprint density at radius 1 is 1.37 bits per heavy atom. The molecule has 0 saturated heterocycles. The van der Waals surface area contributed by atoms with Crippen molar-refractivity contribution in [3.8, 4) is 5.75 Å². The number of ether oxygens (including phenoxy) is 1. The van der Waals surface area contributed by atoms with Crippen LogP contribution in [0.25, 0.3) is 0 Å². The number of hydrogen-bond acceptors (Lipinski definition) is 4. The zero-order valence-corrected chi connectivity index (χ0v) is 10.9. The molecule has 0 aliphatic heterocycles. The summed E-state index contributed by atoms with van der Waals surface area (Å²) in [6.45, 7) is 0. The molecule has 0 spiro atoms. The lowest BCUT2D eigenvalue weighted by atomic mass is 10.1. The smallest absolute Gasteiger partial charge is 0.259 e. The molecule has 0 radical (unpaired) electrons. The van der Waals surface area contributed by atoms with Gasteiger partial charge in [0.1, 0.15) is 10.9 Å². The lowest BCUT2D eigenvalue weighted by Gasteiger charge is -2.09. The second kappa shape index (κ2) is 5.58. The van der Waals surface area contributed by atoms with Crippen molar-refractivity contribution in [3.05, 3.63) is 47.2 Å². The van der Waals surface area contributed by atoms with Gasteiger partial charge in [0.25, 0.3) is 5.91 Å². The van der Waals surface area contributed by atoms with E-state index in [0.717, 1.165) is 0 Å². The molecule has 3 N–H and O–H groups in total. The summed E-state index contributed by atoms with van der Waals surface area (Å²) in [5, 5.41) is 3.06. The Balaban J connectivity index is 2.22. The number of anilines is 2. The predicted molar refractivity (Wildman–Crippen MR) is 74.6 cm³/mol. The number of amides is 1. The van der Waals surface area contributed by atoms with E-state index < -0.39 is 0 Å². The summed E-state index contributed by atoms with van der Waals surface area (Å²) in [5.41, 5.74) is 7.11. The van der Waals surface area contributed by atoms with Crippen LogP contribution in [0.5, 0.6) is 5.75 Å². The van der Waals surface area contributed by atoms with Crippen LogP contribution in [-0.2, 0) is 0 Å². The Labute approximate surface area is 115 Å². The molecule has 2 rings (SSSR count). The first-order valence-corrected chi connectivity index (χ1v) is 5.84. The standard InChI is InChI=1S/C13H12ClN3O2/c1-19-11-6-8(15)2-4-10(11)13(18)17-9-3-5-12(14)16-7-9/h2-7H,15H2,1H3,(H,17,18). The van der Waals surface area contributed by atoms with Crippen molar-refractivity contribution >= 4 is 28.9 Å². The molecule has 0 saturated carbocycles. The molecule has 1 amide bonds. The second-order valence-corrected chi connectivity index (χ2v) is 4.17. The van der Waals surface area contributed by atoms with Gasteiger partial charge in [-0.3, -0.25) is 4.79 Å². The number of nitrogens with two attached hydrogens (primary N) is 1. The molecule has 0 fully saturated rings. The van der Waals surface area contributed by atoms with E-state index >= 15 is 0 Å². The number of nitrogen functional groups attached to an aromatic ring is 1. The van der Waals surface area contributed by atoms with Crippen molar-refractivity contribution in [3.63, 3.8) is 0 Å². The molecule has 0 aliphatic rings. The van der Waals surface area contributed by atoms with E-state index in [4.69, 9.17) is 22.1 Å². The van der Waals surface area contributed by atoms with E-state index in [9.17, 15) is 4.79 Å².